The summed E-state index contributed by atoms with van der Waals surface area (Å²) in [5.74, 6) is -1.18. The van der Waals surface area contributed by atoms with Gasteiger partial charge in [-0.05, 0) is 36.0 Å². The second-order valence-electron chi connectivity index (χ2n) is 10.7. The Morgan fingerprint density at radius 2 is 1.92 bits per heavy atom. The third-order valence-corrected chi connectivity index (χ3v) is 8.32. The minimum atomic E-state index is -2.91. The standard InChI is InChI=1S/C26H33F2N3O7/c1-11(2)26(38-25-22(35)21(34)20(33)17(10-32)37-25)14-7-8-15(26)18-12(14)5-4-6-16(18)29-24(36)13-9-31(3)30-19(13)23(27)28/h4-6,9,11,14-15,17,20-23,25,32-35H,7-8,10H2,1-3H3,(H,29,36)/t14?,15?,17-,20-,21+,22-,25+,26+/m1/s1. The number of amides is 1. The number of anilines is 1. The van der Waals surface area contributed by atoms with E-state index in [0.717, 1.165) is 17.5 Å². The highest BCUT2D eigenvalue weighted by Crippen LogP contribution is 2.66. The van der Waals surface area contributed by atoms with E-state index >= 15 is 0 Å². The van der Waals surface area contributed by atoms with E-state index in [4.69, 9.17) is 9.47 Å². The number of carbonyl (C=O) groups is 1. The monoisotopic (exact) mass is 537 g/mol. The molecule has 2 fully saturated rings. The first-order chi connectivity index (χ1) is 18.0. The zero-order valence-electron chi connectivity index (χ0n) is 21.3. The van der Waals surface area contributed by atoms with Crippen molar-refractivity contribution in [3.8, 4) is 0 Å². The molecule has 2 aliphatic carbocycles. The predicted molar refractivity (Wildman–Crippen MR) is 130 cm³/mol. The molecule has 2 bridgehead atoms. The minimum absolute atomic E-state index is 0.105. The molecule has 12 heteroatoms. The number of hydrogen-bond acceptors (Lipinski definition) is 8. The maximum absolute atomic E-state index is 13.5. The molecule has 8 atom stereocenters. The Labute approximate surface area is 218 Å². The molecule has 1 aromatic carbocycles. The Kier molecular flexibility index (Phi) is 7.08. The van der Waals surface area contributed by atoms with E-state index in [1.165, 1.54) is 17.9 Å². The molecular weight excluding hydrogens is 504 g/mol. The maximum atomic E-state index is 13.5. The summed E-state index contributed by atoms with van der Waals surface area (Å²) in [5.41, 5.74) is 0.554. The number of nitrogens with zero attached hydrogens (tertiary/aromatic N) is 2. The molecule has 1 aliphatic heterocycles. The van der Waals surface area contributed by atoms with Gasteiger partial charge in [0.1, 0.15) is 30.1 Å². The minimum Gasteiger partial charge on any atom is -0.394 e. The van der Waals surface area contributed by atoms with Crippen LogP contribution in [0.5, 0.6) is 0 Å². The van der Waals surface area contributed by atoms with Crippen molar-refractivity contribution < 1.29 is 43.5 Å². The Bertz CT molecular complexity index is 1210. The molecule has 1 saturated carbocycles. The smallest absolute Gasteiger partial charge is 0.282 e. The molecule has 0 radical (unpaired) electrons. The van der Waals surface area contributed by atoms with Crippen LogP contribution in [0.1, 0.15) is 72.1 Å². The molecule has 5 rings (SSSR count). The highest BCUT2D eigenvalue weighted by molar-refractivity contribution is 6.05. The number of carbonyl (C=O) groups excluding carboxylic acids is 1. The van der Waals surface area contributed by atoms with Gasteiger partial charge in [-0.15, -0.1) is 0 Å². The molecule has 1 aromatic heterocycles. The Morgan fingerprint density at radius 1 is 1.21 bits per heavy atom. The second kappa shape index (κ2) is 9.92. The van der Waals surface area contributed by atoms with Crippen LogP contribution >= 0.6 is 0 Å². The van der Waals surface area contributed by atoms with E-state index in [-0.39, 0.29) is 23.3 Å². The van der Waals surface area contributed by atoms with E-state index in [1.807, 2.05) is 19.9 Å². The molecular formula is C26H33F2N3O7. The third kappa shape index (κ3) is 4.05. The average molecular weight is 538 g/mol. The summed E-state index contributed by atoms with van der Waals surface area (Å²) in [5, 5.41) is 47.3. The molecule has 5 N–H and O–H groups in total. The highest BCUT2D eigenvalue weighted by Gasteiger charge is 2.62. The summed E-state index contributed by atoms with van der Waals surface area (Å²) in [6, 6.07) is 5.44. The topological polar surface area (TPSA) is 146 Å². The number of alkyl halides is 2. The molecule has 10 nitrogen and oxygen atoms in total. The van der Waals surface area contributed by atoms with Crippen LogP contribution in [0.4, 0.5) is 14.5 Å². The first-order valence-corrected chi connectivity index (χ1v) is 12.7. The van der Waals surface area contributed by atoms with Crippen LogP contribution in [-0.2, 0) is 16.5 Å². The molecule has 2 heterocycles. The largest absolute Gasteiger partial charge is 0.394 e. The lowest BCUT2D eigenvalue weighted by molar-refractivity contribution is -0.334. The predicted octanol–water partition coefficient (Wildman–Crippen LogP) is 1.80. The van der Waals surface area contributed by atoms with E-state index in [1.54, 1.807) is 12.1 Å². The van der Waals surface area contributed by atoms with E-state index < -0.39 is 60.9 Å². The number of aliphatic hydroxyl groups excluding tert-OH is 4. The molecule has 38 heavy (non-hydrogen) atoms. The summed E-state index contributed by atoms with van der Waals surface area (Å²) in [6.45, 7) is 3.38. The van der Waals surface area contributed by atoms with Gasteiger partial charge in [-0.25, -0.2) is 8.78 Å². The van der Waals surface area contributed by atoms with Crippen molar-refractivity contribution in [1.82, 2.24) is 9.78 Å². The van der Waals surface area contributed by atoms with E-state index in [2.05, 4.69) is 10.4 Å². The van der Waals surface area contributed by atoms with Crippen LogP contribution in [0.2, 0.25) is 0 Å². The van der Waals surface area contributed by atoms with E-state index in [0.29, 0.717) is 12.1 Å². The zero-order chi connectivity index (χ0) is 27.5. The van der Waals surface area contributed by atoms with Gasteiger partial charge in [-0.2, -0.15) is 5.10 Å². The van der Waals surface area contributed by atoms with Crippen molar-refractivity contribution in [2.75, 3.05) is 11.9 Å². The average Bonchev–Trinajstić information content (AvgIpc) is 3.53. The number of aromatic nitrogens is 2. The van der Waals surface area contributed by atoms with Crippen molar-refractivity contribution in [2.45, 2.75) is 81.3 Å². The van der Waals surface area contributed by atoms with Crippen LogP contribution in [0, 0.1) is 5.92 Å². The molecule has 2 unspecified atom stereocenters. The van der Waals surface area contributed by atoms with Crippen molar-refractivity contribution in [3.05, 3.63) is 46.8 Å². The number of fused-ring (bicyclic) bond motifs is 5. The Morgan fingerprint density at radius 3 is 2.58 bits per heavy atom. The number of aryl methyl sites for hydroxylation is 1. The fourth-order valence-corrected chi connectivity index (χ4v) is 6.68. The van der Waals surface area contributed by atoms with Crippen molar-refractivity contribution in [1.29, 1.82) is 0 Å². The number of ether oxygens (including phenoxy) is 2. The molecule has 0 spiro atoms. The number of halogens is 2. The first-order valence-electron chi connectivity index (χ1n) is 12.7. The maximum Gasteiger partial charge on any atom is 0.282 e. The molecule has 208 valence electrons. The fraction of sp³-hybridized carbons (Fsp3) is 0.615. The van der Waals surface area contributed by atoms with Gasteiger partial charge in [-0.3, -0.25) is 9.48 Å². The van der Waals surface area contributed by atoms with Crippen molar-refractivity contribution >= 4 is 11.6 Å². The molecule has 3 aliphatic rings. The van der Waals surface area contributed by atoms with Crippen molar-refractivity contribution in [3.63, 3.8) is 0 Å². The summed E-state index contributed by atoms with van der Waals surface area (Å²) in [6.07, 6.45) is -7.23. The zero-order valence-corrected chi connectivity index (χ0v) is 21.3. The van der Waals surface area contributed by atoms with Gasteiger partial charge in [0.25, 0.3) is 12.3 Å². The lowest BCUT2D eigenvalue weighted by atomic mass is 9.78. The van der Waals surface area contributed by atoms with Gasteiger partial charge in [-0.1, -0.05) is 26.0 Å². The number of benzene rings is 1. The second-order valence-corrected chi connectivity index (χ2v) is 10.7. The lowest BCUT2D eigenvalue weighted by Gasteiger charge is -2.47. The normalized spacial score (nSPS) is 34.2. The number of rotatable bonds is 7. The van der Waals surface area contributed by atoms with Crippen LogP contribution in [0.3, 0.4) is 0 Å². The van der Waals surface area contributed by atoms with Crippen LogP contribution in [0.25, 0.3) is 0 Å². The number of aliphatic hydroxyl groups is 4. The van der Waals surface area contributed by atoms with Crippen LogP contribution in [-0.4, -0.2) is 79.0 Å². The quantitative estimate of drug-likeness (QED) is 0.359. The van der Waals surface area contributed by atoms with Gasteiger partial charge in [0, 0.05) is 30.8 Å². The van der Waals surface area contributed by atoms with Crippen LogP contribution in [0.15, 0.2) is 24.4 Å². The van der Waals surface area contributed by atoms with Gasteiger partial charge >= 0.3 is 0 Å². The first kappa shape index (κ1) is 27.1. The fourth-order valence-electron chi connectivity index (χ4n) is 6.68. The molecule has 2 aromatic rings. The number of hydrogen-bond donors (Lipinski definition) is 5. The summed E-state index contributed by atoms with van der Waals surface area (Å²) in [4.78, 5) is 13.1. The van der Waals surface area contributed by atoms with E-state index in [9.17, 15) is 34.0 Å². The SMILES string of the molecule is CC(C)[C@]1(O[C@@H]2O[C@H](CO)[C@@H](O)[C@H](O)[C@H]2O)C2CCC1c1c(NC(=O)c3cn(C)nc3C(F)F)cccc12. The number of nitrogens with one attached hydrogen (secondary N) is 1. The van der Waals surface area contributed by atoms with Crippen molar-refractivity contribution in [2.24, 2.45) is 13.0 Å². The van der Waals surface area contributed by atoms with Gasteiger partial charge in [0.15, 0.2) is 6.29 Å². The van der Waals surface area contributed by atoms with Gasteiger partial charge in [0.2, 0.25) is 0 Å². The van der Waals surface area contributed by atoms with Gasteiger partial charge < -0.3 is 35.2 Å². The molecule has 1 saturated heterocycles. The summed E-state index contributed by atoms with van der Waals surface area (Å²) in [7, 11) is 1.47. The Hall–Kier alpha value is -2.48. The Balaban J connectivity index is 1.48. The van der Waals surface area contributed by atoms with Gasteiger partial charge in [0.05, 0.1) is 17.8 Å². The summed E-state index contributed by atoms with van der Waals surface area (Å²) < 4.78 is 40.4. The highest BCUT2D eigenvalue weighted by atomic mass is 19.3. The molecule has 1 amide bonds. The summed E-state index contributed by atoms with van der Waals surface area (Å²) >= 11 is 0. The third-order valence-electron chi connectivity index (χ3n) is 8.32. The van der Waals surface area contributed by atoms with Crippen LogP contribution < -0.4 is 5.32 Å². The lowest BCUT2D eigenvalue weighted by Crippen LogP contribution is -2.61.